The van der Waals surface area contributed by atoms with Crippen LogP contribution in [0.2, 0.25) is 0 Å². The van der Waals surface area contributed by atoms with Gasteiger partial charge in [-0.25, -0.2) is 8.78 Å². The summed E-state index contributed by atoms with van der Waals surface area (Å²) < 4.78 is 27.0. The molecule has 0 saturated carbocycles. The lowest BCUT2D eigenvalue weighted by molar-refractivity contribution is 0.441. The Kier molecular flexibility index (Phi) is 6.52. The minimum Gasteiger partial charge on any atom is -0.371 e. The molecule has 1 aromatic rings. The van der Waals surface area contributed by atoms with E-state index in [1.165, 1.54) is 6.07 Å². The maximum absolute atomic E-state index is 13.8. The molecule has 6 heteroatoms. The summed E-state index contributed by atoms with van der Waals surface area (Å²) in [5, 5.41) is 9.48. The molecule has 2 rings (SSSR count). The fourth-order valence-corrected chi connectivity index (χ4v) is 2.72. The monoisotopic (exact) mass is 322 g/mol. The number of rotatable bonds is 8. The predicted octanol–water partition coefficient (Wildman–Crippen LogP) is 2.11. The molecule has 23 heavy (non-hydrogen) atoms. The van der Waals surface area contributed by atoms with E-state index in [0.717, 1.165) is 31.1 Å². The molecular formula is C17H24F2N4. The highest BCUT2D eigenvalue weighted by Gasteiger charge is 2.21. The Morgan fingerprint density at radius 3 is 3.00 bits per heavy atom. The lowest BCUT2D eigenvalue weighted by Crippen LogP contribution is -2.39. The van der Waals surface area contributed by atoms with Crippen LogP contribution in [0.15, 0.2) is 29.5 Å². The number of aryl methyl sites for hydroxylation is 1. The third-order valence-electron chi connectivity index (χ3n) is 3.87. The van der Waals surface area contributed by atoms with E-state index in [0.29, 0.717) is 30.8 Å². The first kappa shape index (κ1) is 17.4. The molecule has 1 aliphatic carbocycles. The molecule has 0 bridgehead atoms. The maximum Gasteiger partial charge on any atom is 0.129 e. The second kappa shape index (κ2) is 8.62. The van der Waals surface area contributed by atoms with Crippen LogP contribution < -0.4 is 16.0 Å². The highest BCUT2D eigenvalue weighted by molar-refractivity contribution is 5.56. The zero-order valence-electron chi connectivity index (χ0n) is 13.5. The quantitative estimate of drug-likeness (QED) is 0.390. The van der Waals surface area contributed by atoms with Crippen LogP contribution in [0.5, 0.6) is 0 Å². The summed E-state index contributed by atoms with van der Waals surface area (Å²) >= 11 is 0. The van der Waals surface area contributed by atoms with Gasteiger partial charge in [-0.1, -0.05) is 6.58 Å². The Labute approximate surface area is 136 Å². The predicted molar refractivity (Wildman–Crippen MR) is 89.5 cm³/mol. The first-order valence-corrected chi connectivity index (χ1v) is 7.98. The van der Waals surface area contributed by atoms with Gasteiger partial charge >= 0.3 is 0 Å². The zero-order chi connectivity index (χ0) is 16.7. The van der Waals surface area contributed by atoms with E-state index in [1.54, 1.807) is 6.34 Å². The van der Waals surface area contributed by atoms with Crippen molar-refractivity contribution in [3.05, 3.63) is 47.3 Å². The van der Waals surface area contributed by atoms with Crippen molar-refractivity contribution in [1.82, 2.24) is 16.0 Å². The number of nitrogens with zero attached hydrogens (tertiary/aromatic N) is 1. The normalized spacial score (nSPS) is 17.1. The van der Waals surface area contributed by atoms with Crippen LogP contribution >= 0.6 is 0 Å². The van der Waals surface area contributed by atoms with E-state index in [9.17, 15) is 8.78 Å². The molecule has 0 heterocycles. The van der Waals surface area contributed by atoms with Crippen molar-refractivity contribution in [2.24, 2.45) is 4.99 Å². The summed E-state index contributed by atoms with van der Waals surface area (Å²) in [5.41, 5.74) is 1.44. The molecule has 1 aromatic carbocycles. The van der Waals surface area contributed by atoms with Gasteiger partial charge < -0.3 is 16.0 Å². The highest BCUT2D eigenvalue weighted by Crippen LogP contribution is 2.25. The van der Waals surface area contributed by atoms with E-state index < -0.39 is 11.6 Å². The second-order valence-electron chi connectivity index (χ2n) is 5.60. The van der Waals surface area contributed by atoms with Crippen molar-refractivity contribution >= 4 is 6.34 Å². The highest BCUT2D eigenvalue weighted by atomic mass is 19.1. The lowest BCUT2D eigenvalue weighted by Gasteiger charge is -2.26. The molecule has 3 N–H and O–H groups in total. The van der Waals surface area contributed by atoms with Crippen LogP contribution in [0, 0.1) is 11.6 Å². The number of fused-ring (bicyclic) bond motifs is 1. The smallest absolute Gasteiger partial charge is 0.129 e. The van der Waals surface area contributed by atoms with Gasteiger partial charge in [-0.3, -0.25) is 4.99 Å². The summed E-state index contributed by atoms with van der Waals surface area (Å²) in [6.07, 6.45) is 3.81. The third kappa shape index (κ3) is 5.32. The number of aliphatic imine (C=N–C) groups is 1. The van der Waals surface area contributed by atoms with Crippen LogP contribution in [-0.2, 0) is 12.8 Å². The topological polar surface area (TPSA) is 48.5 Å². The Morgan fingerprint density at radius 1 is 1.39 bits per heavy atom. The van der Waals surface area contributed by atoms with Crippen LogP contribution in [0.25, 0.3) is 0 Å². The van der Waals surface area contributed by atoms with Crippen molar-refractivity contribution in [2.45, 2.75) is 32.2 Å². The molecule has 126 valence electrons. The molecule has 1 unspecified atom stereocenters. The molecule has 0 amide bonds. The molecule has 1 aliphatic rings. The standard InChI is InChI=1S/C17H24F2N4/c1-3-20-11-23-12(2)21-6-7-22-15-5-4-13-8-14(18)9-17(19)16(13)10-15/h8-9,11,15,21-22H,2-7,10H2,1H3,(H,20,23). The molecule has 0 radical (unpaired) electrons. The molecule has 0 aromatic heterocycles. The minimum atomic E-state index is -0.491. The molecular weight excluding hydrogens is 298 g/mol. The molecule has 0 fully saturated rings. The van der Waals surface area contributed by atoms with Crippen LogP contribution in [0.4, 0.5) is 8.78 Å². The summed E-state index contributed by atoms with van der Waals surface area (Å²) in [7, 11) is 0. The second-order valence-corrected chi connectivity index (χ2v) is 5.60. The maximum atomic E-state index is 13.8. The molecule has 0 saturated heterocycles. The van der Waals surface area contributed by atoms with Crippen molar-refractivity contribution in [3.63, 3.8) is 0 Å². The van der Waals surface area contributed by atoms with E-state index in [1.807, 2.05) is 6.92 Å². The molecule has 0 spiro atoms. The van der Waals surface area contributed by atoms with Crippen molar-refractivity contribution in [3.8, 4) is 0 Å². The first-order chi connectivity index (χ1) is 11.1. The summed E-state index contributed by atoms with van der Waals surface area (Å²) in [4.78, 5) is 4.03. The Bertz CT molecular complexity index is 572. The van der Waals surface area contributed by atoms with Crippen molar-refractivity contribution in [1.29, 1.82) is 0 Å². The van der Waals surface area contributed by atoms with Gasteiger partial charge in [-0.2, -0.15) is 0 Å². The SMILES string of the molecule is C=C(NC=NCC)NCCNC1CCc2cc(F)cc(F)c2C1. The fourth-order valence-electron chi connectivity index (χ4n) is 2.72. The van der Waals surface area contributed by atoms with E-state index in [-0.39, 0.29) is 6.04 Å². The number of hydrogen-bond donors (Lipinski definition) is 3. The number of benzene rings is 1. The first-order valence-electron chi connectivity index (χ1n) is 7.98. The van der Waals surface area contributed by atoms with Crippen LogP contribution in [0.1, 0.15) is 24.5 Å². The van der Waals surface area contributed by atoms with Crippen molar-refractivity contribution in [2.75, 3.05) is 19.6 Å². The van der Waals surface area contributed by atoms with Crippen LogP contribution in [-0.4, -0.2) is 32.0 Å². The third-order valence-corrected chi connectivity index (χ3v) is 3.87. The fraction of sp³-hybridized carbons (Fsp3) is 0.471. The van der Waals surface area contributed by atoms with Gasteiger partial charge in [0.1, 0.15) is 11.6 Å². The summed E-state index contributed by atoms with van der Waals surface area (Å²) in [6.45, 7) is 7.97. The molecule has 1 atom stereocenters. The molecule has 0 aliphatic heterocycles. The van der Waals surface area contributed by atoms with Gasteiger partial charge in [0.15, 0.2) is 0 Å². The van der Waals surface area contributed by atoms with E-state index in [2.05, 4.69) is 27.5 Å². The number of hydrogen-bond acceptors (Lipinski definition) is 3. The lowest BCUT2D eigenvalue weighted by atomic mass is 9.88. The van der Waals surface area contributed by atoms with Gasteiger partial charge in [0.25, 0.3) is 0 Å². The zero-order valence-corrected chi connectivity index (χ0v) is 13.5. The van der Waals surface area contributed by atoms with Gasteiger partial charge in [0, 0.05) is 31.7 Å². The number of nitrogens with one attached hydrogen (secondary N) is 3. The summed E-state index contributed by atoms with van der Waals surface area (Å²) in [6, 6.07) is 2.63. The van der Waals surface area contributed by atoms with Crippen LogP contribution in [0.3, 0.4) is 0 Å². The minimum absolute atomic E-state index is 0.215. The largest absolute Gasteiger partial charge is 0.371 e. The van der Waals surface area contributed by atoms with Gasteiger partial charge in [-0.15, -0.1) is 0 Å². The van der Waals surface area contributed by atoms with Gasteiger partial charge in [-0.05, 0) is 43.4 Å². The average Bonchev–Trinajstić information content (AvgIpc) is 2.52. The van der Waals surface area contributed by atoms with E-state index >= 15 is 0 Å². The number of halogens is 2. The Balaban J connectivity index is 1.72. The van der Waals surface area contributed by atoms with E-state index in [4.69, 9.17) is 0 Å². The average molecular weight is 322 g/mol. The Hall–Kier alpha value is -1.95. The Morgan fingerprint density at radius 2 is 2.22 bits per heavy atom. The van der Waals surface area contributed by atoms with Crippen molar-refractivity contribution < 1.29 is 8.78 Å². The molecule has 4 nitrogen and oxygen atoms in total. The van der Waals surface area contributed by atoms with Gasteiger partial charge in [0.05, 0.1) is 12.2 Å². The summed E-state index contributed by atoms with van der Waals surface area (Å²) in [5.74, 6) is -0.230. The van der Waals surface area contributed by atoms with Gasteiger partial charge in [0.2, 0.25) is 0 Å².